The number of benzene rings is 1. The van der Waals surface area contributed by atoms with E-state index in [-0.39, 0.29) is 41.5 Å². The number of hydrogen-bond donors (Lipinski definition) is 1. The monoisotopic (exact) mass is 244 g/mol. The summed E-state index contributed by atoms with van der Waals surface area (Å²) in [5.74, 6) is 0.583. The van der Waals surface area contributed by atoms with Gasteiger partial charge in [0.2, 0.25) is 0 Å². The molecule has 0 atom stereocenters. The summed E-state index contributed by atoms with van der Waals surface area (Å²) in [4.78, 5) is 0. The summed E-state index contributed by atoms with van der Waals surface area (Å²) < 4.78 is 15.5. The third-order valence-corrected chi connectivity index (χ3v) is 1.90. The van der Waals surface area contributed by atoms with Crippen LogP contribution in [0.3, 0.4) is 0 Å². The SMILES string of the molecule is O=[SH]Oc1ccccc1Br.[NaH]. The van der Waals surface area contributed by atoms with Gasteiger partial charge < -0.3 is 4.18 Å². The quantitative estimate of drug-likeness (QED) is 0.622. The molecule has 0 saturated heterocycles. The summed E-state index contributed by atoms with van der Waals surface area (Å²) in [5.41, 5.74) is 0. The fourth-order valence-electron chi connectivity index (χ4n) is 0.559. The van der Waals surface area contributed by atoms with Gasteiger partial charge in [0.15, 0.2) is 17.7 Å². The molecule has 0 aliphatic heterocycles. The van der Waals surface area contributed by atoms with Crippen LogP contribution in [0.4, 0.5) is 0 Å². The fourth-order valence-corrected chi connectivity index (χ4v) is 1.29. The fraction of sp³-hybridized carbons (Fsp3) is 0. The third kappa shape index (κ3) is 3.71. The van der Waals surface area contributed by atoms with Gasteiger partial charge in [0.05, 0.1) is 4.47 Å². The molecule has 0 saturated carbocycles. The topological polar surface area (TPSA) is 26.3 Å². The zero-order chi connectivity index (χ0) is 7.40. The van der Waals surface area contributed by atoms with Gasteiger partial charge in [0, 0.05) is 0 Å². The number of para-hydroxylation sites is 1. The molecule has 0 heterocycles. The van der Waals surface area contributed by atoms with Crippen LogP contribution in [0.1, 0.15) is 0 Å². The van der Waals surface area contributed by atoms with Gasteiger partial charge in [-0.2, -0.15) is 0 Å². The molecule has 0 aromatic heterocycles. The van der Waals surface area contributed by atoms with E-state index >= 15 is 0 Å². The summed E-state index contributed by atoms with van der Waals surface area (Å²) in [6.45, 7) is 0. The molecule has 11 heavy (non-hydrogen) atoms. The van der Waals surface area contributed by atoms with Gasteiger partial charge in [-0.3, -0.25) is 0 Å². The Labute approximate surface area is 99.4 Å². The molecule has 5 heteroatoms. The molecule has 0 bridgehead atoms. The van der Waals surface area contributed by atoms with Crippen LogP contribution in [0.2, 0.25) is 0 Å². The first-order valence-electron chi connectivity index (χ1n) is 2.59. The zero-order valence-electron chi connectivity index (χ0n) is 4.95. The summed E-state index contributed by atoms with van der Waals surface area (Å²) in [7, 11) is 0. The van der Waals surface area contributed by atoms with E-state index in [1.165, 1.54) is 0 Å². The Morgan fingerprint density at radius 3 is 2.55 bits per heavy atom. The molecule has 56 valence electrons. The Hall–Kier alpha value is 0.650. The van der Waals surface area contributed by atoms with Gasteiger partial charge in [-0.25, -0.2) is 4.21 Å². The first-order valence-corrected chi connectivity index (χ1v) is 4.11. The molecule has 0 amide bonds. The molecular weight excluding hydrogens is 239 g/mol. The van der Waals surface area contributed by atoms with Gasteiger partial charge in [-0.05, 0) is 28.1 Å². The number of rotatable bonds is 2. The summed E-state index contributed by atoms with van der Waals surface area (Å²) in [6, 6.07) is 7.22. The van der Waals surface area contributed by atoms with Crippen LogP contribution in [-0.4, -0.2) is 33.8 Å². The summed E-state index contributed by atoms with van der Waals surface area (Å²) in [5, 5.41) is 0. The average molecular weight is 245 g/mol. The first kappa shape index (κ1) is 11.6. The van der Waals surface area contributed by atoms with Crippen molar-refractivity contribution >= 4 is 57.4 Å². The van der Waals surface area contributed by atoms with Crippen LogP contribution in [-0.2, 0) is 11.9 Å². The maximum atomic E-state index is 9.98. The molecule has 1 rings (SSSR count). The van der Waals surface area contributed by atoms with Gasteiger partial charge in [-0.1, -0.05) is 12.1 Å². The van der Waals surface area contributed by atoms with Gasteiger partial charge >= 0.3 is 29.6 Å². The van der Waals surface area contributed by atoms with E-state index < -0.39 is 0 Å². The van der Waals surface area contributed by atoms with Crippen molar-refractivity contribution in [3.05, 3.63) is 28.7 Å². The van der Waals surface area contributed by atoms with Crippen LogP contribution >= 0.6 is 15.9 Å². The Balaban J connectivity index is 0.000001000. The summed E-state index contributed by atoms with van der Waals surface area (Å²) >= 11 is 2.90. The molecule has 0 radical (unpaired) electrons. The van der Waals surface area contributed by atoms with E-state index in [0.717, 1.165) is 4.47 Å². The average Bonchev–Trinajstić information content (AvgIpc) is 1.94. The molecule has 0 aliphatic carbocycles. The van der Waals surface area contributed by atoms with Crippen molar-refractivity contribution in [1.29, 1.82) is 0 Å². The Morgan fingerprint density at radius 1 is 1.36 bits per heavy atom. The molecule has 0 spiro atoms. The molecular formula is C6H6BrNaO2S. The van der Waals surface area contributed by atoms with Crippen LogP contribution in [0.15, 0.2) is 28.7 Å². The van der Waals surface area contributed by atoms with Crippen molar-refractivity contribution in [2.24, 2.45) is 0 Å². The minimum atomic E-state index is -0.330. The Morgan fingerprint density at radius 2 is 2.00 bits per heavy atom. The number of hydrogen-bond acceptors (Lipinski definition) is 2. The normalized spacial score (nSPS) is 8.45. The Bertz CT molecular complexity index is 244. The number of halogens is 1. The van der Waals surface area contributed by atoms with Crippen molar-refractivity contribution in [1.82, 2.24) is 0 Å². The van der Waals surface area contributed by atoms with E-state index in [2.05, 4.69) is 15.9 Å². The van der Waals surface area contributed by atoms with E-state index in [0.29, 0.717) is 5.75 Å². The summed E-state index contributed by atoms with van der Waals surface area (Å²) in [6.07, 6.45) is 0. The van der Waals surface area contributed by atoms with Crippen molar-refractivity contribution in [2.45, 2.75) is 0 Å². The minimum absolute atomic E-state index is 0. The van der Waals surface area contributed by atoms with Crippen LogP contribution in [0.25, 0.3) is 0 Å². The Kier molecular flexibility index (Phi) is 6.56. The predicted octanol–water partition coefficient (Wildman–Crippen LogP) is 1.04. The molecule has 1 aromatic rings. The first-order chi connectivity index (χ1) is 4.84. The maximum absolute atomic E-state index is 9.98. The van der Waals surface area contributed by atoms with E-state index in [1.807, 2.05) is 18.2 Å². The second kappa shape index (κ2) is 6.20. The van der Waals surface area contributed by atoms with Crippen molar-refractivity contribution in [2.75, 3.05) is 0 Å². The van der Waals surface area contributed by atoms with Gasteiger partial charge in [-0.15, -0.1) is 0 Å². The predicted molar refractivity (Wildman–Crippen MR) is 51.5 cm³/mol. The molecule has 1 aromatic carbocycles. The molecule has 0 unspecified atom stereocenters. The zero-order valence-corrected chi connectivity index (χ0v) is 7.43. The van der Waals surface area contributed by atoms with Gasteiger partial charge in [0.1, 0.15) is 0 Å². The van der Waals surface area contributed by atoms with E-state index in [9.17, 15) is 4.21 Å². The van der Waals surface area contributed by atoms with Crippen molar-refractivity contribution < 1.29 is 8.39 Å². The third-order valence-electron chi connectivity index (χ3n) is 0.972. The molecule has 0 fully saturated rings. The second-order valence-electron chi connectivity index (χ2n) is 1.60. The second-order valence-corrected chi connectivity index (χ2v) is 2.78. The van der Waals surface area contributed by atoms with Crippen molar-refractivity contribution in [3.63, 3.8) is 0 Å². The van der Waals surface area contributed by atoms with Crippen LogP contribution < -0.4 is 4.18 Å². The van der Waals surface area contributed by atoms with Crippen LogP contribution in [0, 0.1) is 0 Å². The molecule has 0 N–H and O–H groups in total. The standard InChI is InChI=1S/C6H5BrO2S.Na.H/c7-5-3-1-2-4-6(5)9-10-8;;/h1-4,10H;;. The van der Waals surface area contributed by atoms with Gasteiger partial charge in [0.25, 0.3) is 0 Å². The van der Waals surface area contributed by atoms with Crippen molar-refractivity contribution in [3.8, 4) is 5.75 Å². The molecule has 0 aliphatic rings. The van der Waals surface area contributed by atoms with E-state index in [1.54, 1.807) is 6.07 Å². The van der Waals surface area contributed by atoms with Crippen LogP contribution in [0.5, 0.6) is 5.75 Å². The van der Waals surface area contributed by atoms with E-state index in [4.69, 9.17) is 4.18 Å². The number of thiol groups is 1. The molecule has 2 nitrogen and oxygen atoms in total.